The van der Waals surface area contributed by atoms with Crippen LogP contribution in [0.25, 0.3) is 21.6 Å². The molecule has 0 heterocycles. The van der Waals surface area contributed by atoms with E-state index in [4.69, 9.17) is 15.0 Å². The van der Waals surface area contributed by atoms with Gasteiger partial charge in [0.2, 0.25) is 0 Å². The van der Waals surface area contributed by atoms with E-state index in [-0.39, 0.29) is 23.8 Å². The summed E-state index contributed by atoms with van der Waals surface area (Å²) in [6, 6.07) is 19.0. The average Bonchev–Trinajstić information content (AvgIpc) is 3.13. The predicted molar refractivity (Wildman–Crippen MR) is 120 cm³/mol. The zero-order valence-electron chi connectivity index (χ0n) is 17.5. The topological polar surface area (TPSA) is 113 Å². The van der Waals surface area contributed by atoms with Crippen LogP contribution in [0.3, 0.4) is 0 Å². The number of carbonyl (C=O) groups is 2. The van der Waals surface area contributed by atoms with Crippen LogP contribution < -0.4 is 5.32 Å². The number of hydrogen-bond acceptors (Lipinski definition) is 5. The zero-order valence-corrected chi connectivity index (χ0v) is 17.5. The number of benzene rings is 3. The summed E-state index contributed by atoms with van der Waals surface area (Å²) in [5, 5.41) is 6.18. The number of fused-ring (bicyclic) bond motifs is 3. The van der Waals surface area contributed by atoms with Gasteiger partial charge in [0.1, 0.15) is 6.61 Å². The third kappa shape index (κ3) is 3.87. The normalized spacial score (nSPS) is 11.7. The monoisotopic (exact) mass is 428 g/mol. The molecule has 0 saturated carbocycles. The molecule has 1 aliphatic carbocycles. The second-order valence-electron chi connectivity index (χ2n) is 7.30. The Kier molecular flexibility index (Phi) is 5.79. The van der Waals surface area contributed by atoms with Crippen molar-refractivity contribution in [2.45, 2.75) is 12.8 Å². The quantitative estimate of drug-likeness (QED) is 0.229. The molecule has 4 rings (SSSR count). The van der Waals surface area contributed by atoms with Gasteiger partial charge in [-0.25, -0.2) is 9.59 Å². The first-order valence-corrected chi connectivity index (χ1v) is 9.93. The van der Waals surface area contributed by atoms with Gasteiger partial charge in [-0.15, -0.1) is 0 Å². The summed E-state index contributed by atoms with van der Waals surface area (Å²) in [4.78, 5) is 27.4. The van der Waals surface area contributed by atoms with E-state index >= 15 is 0 Å². The van der Waals surface area contributed by atoms with Gasteiger partial charge in [0, 0.05) is 22.2 Å². The van der Waals surface area contributed by atoms with Crippen LogP contribution >= 0.6 is 0 Å². The first kappa shape index (κ1) is 21.0. The first-order chi connectivity index (χ1) is 15.5. The summed E-state index contributed by atoms with van der Waals surface area (Å²) in [6.45, 7) is 1.81. The fourth-order valence-electron chi connectivity index (χ4n) is 4.00. The molecule has 8 nitrogen and oxygen atoms in total. The highest BCUT2D eigenvalue weighted by Crippen LogP contribution is 2.44. The second kappa shape index (κ2) is 8.83. The maximum absolute atomic E-state index is 12.6. The van der Waals surface area contributed by atoms with Gasteiger partial charge in [0.25, 0.3) is 0 Å². The lowest BCUT2D eigenvalue weighted by Crippen LogP contribution is -2.19. The van der Waals surface area contributed by atoms with Crippen molar-refractivity contribution in [1.29, 1.82) is 0 Å². The van der Waals surface area contributed by atoms with Gasteiger partial charge in [-0.05, 0) is 52.4 Å². The lowest BCUT2D eigenvalue weighted by atomic mass is 9.98. The molecule has 1 aliphatic rings. The maximum Gasteiger partial charge on any atom is 0.411 e. The van der Waals surface area contributed by atoms with Gasteiger partial charge in [-0.3, -0.25) is 5.32 Å². The number of nitrogens with one attached hydrogen (secondary N) is 1. The van der Waals surface area contributed by atoms with E-state index in [1.807, 2.05) is 36.4 Å². The van der Waals surface area contributed by atoms with Crippen LogP contribution in [0.2, 0.25) is 0 Å². The SMILES string of the molecule is COC(=O)c1cc(N=[N+]=[N-])cc(NC(=O)OCC2c3ccccc3-c3ccccc32)c1C. The summed E-state index contributed by atoms with van der Waals surface area (Å²) in [7, 11) is 1.25. The molecule has 160 valence electrons. The van der Waals surface area contributed by atoms with Gasteiger partial charge in [-0.2, -0.15) is 0 Å². The van der Waals surface area contributed by atoms with Crippen molar-refractivity contribution in [2.24, 2.45) is 5.11 Å². The number of rotatable bonds is 5. The van der Waals surface area contributed by atoms with Crippen LogP contribution in [-0.2, 0) is 9.47 Å². The minimum atomic E-state index is -0.677. The molecule has 3 aromatic rings. The molecule has 0 unspecified atom stereocenters. The Morgan fingerprint density at radius 2 is 1.69 bits per heavy atom. The standard InChI is InChI=1S/C24H20N4O4/c1-14-20(23(29)31-2)11-15(27-28-25)12-22(14)26-24(30)32-13-21-18-9-5-3-7-16(18)17-8-4-6-10-19(17)21/h3-12,21H,13H2,1-2H3,(H,26,30). The summed E-state index contributed by atoms with van der Waals surface area (Å²) in [5.74, 6) is -0.678. The Morgan fingerprint density at radius 3 is 2.28 bits per heavy atom. The number of ether oxygens (including phenoxy) is 2. The van der Waals surface area contributed by atoms with E-state index in [9.17, 15) is 9.59 Å². The Morgan fingerprint density at radius 1 is 1.06 bits per heavy atom. The number of hydrogen-bond donors (Lipinski definition) is 1. The molecule has 0 saturated heterocycles. The number of carbonyl (C=O) groups excluding carboxylic acids is 2. The van der Waals surface area contributed by atoms with Gasteiger partial charge in [0.05, 0.1) is 12.7 Å². The zero-order chi connectivity index (χ0) is 22.7. The van der Waals surface area contributed by atoms with Crippen LogP contribution in [-0.4, -0.2) is 25.8 Å². The van der Waals surface area contributed by atoms with Crippen molar-refractivity contribution in [3.8, 4) is 11.1 Å². The number of anilines is 1. The van der Waals surface area contributed by atoms with Crippen molar-refractivity contribution < 1.29 is 19.1 Å². The van der Waals surface area contributed by atoms with E-state index in [0.29, 0.717) is 11.3 Å². The molecule has 0 atom stereocenters. The summed E-state index contributed by atoms with van der Waals surface area (Å²) in [6.07, 6.45) is -0.677. The fraction of sp³-hybridized carbons (Fsp3) is 0.167. The number of amides is 1. The largest absolute Gasteiger partial charge is 0.465 e. The summed E-state index contributed by atoms with van der Waals surface area (Å²) in [5.41, 5.74) is 14.4. The van der Waals surface area contributed by atoms with E-state index in [0.717, 1.165) is 22.3 Å². The minimum absolute atomic E-state index is 0.0746. The van der Waals surface area contributed by atoms with Crippen LogP contribution in [0.5, 0.6) is 0 Å². The van der Waals surface area contributed by atoms with Crippen molar-refractivity contribution >= 4 is 23.4 Å². The molecule has 0 radical (unpaired) electrons. The van der Waals surface area contributed by atoms with Gasteiger partial charge in [0.15, 0.2) is 0 Å². The minimum Gasteiger partial charge on any atom is -0.465 e. The number of nitrogens with zero attached hydrogens (tertiary/aromatic N) is 3. The van der Waals surface area contributed by atoms with E-state index in [1.165, 1.54) is 19.2 Å². The predicted octanol–water partition coefficient (Wildman–Crippen LogP) is 6.08. The molecular weight excluding hydrogens is 408 g/mol. The van der Waals surface area contributed by atoms with Crippen LogP contribution in [0.1, 0.15) is 33.0 Å². The van der Waals surface area contributed by atoms with E-state index < -0.39 is 12.1 Å². The third-order valence-corrected chi connectivity index (χ3v) is 5.54. The Hall–Kier alpha value is -4.29. The lowest BCUT2D eigenvalue weighted by Gasteiger charge is -2.16. The van der Waals surface area contributed by atoms with E-state index in [1.54, 1.807) is 6.92 Å². The molecule has 1 N–H and O–H groups in total. The highest BCUT2D eigenvalue weighted by Gasteiger charge is 2.29. The second-order valence-corrected chi connectivity index (χ2v) is 7.30. The van der Waals surface area contributed by atoms with Crippen molar-refractivity contribution in [2.75, 3.05) is 19.0 Å². The fourth-order valence-corrected chi connectivity index (χ4v) is 4.00. The van der Waals surface area contributed by atoms with E-state index in [2.05, 4.69) is 27.5 Å². The Bertz CT molecular complexity index is 1220. The Balaban J connectivity index is 1.55. The summed E-state index contributed by atoms with van der Waals surface area (Å²) >= 11 is 0. The van der Waals surface area contributed by atoms with Crippen molar-refractivity contribution in [1.82, 2.24) is 0 Å². The molecule has 1 amide bonds. The van der Waals surface area contributed by atoms with Gasteiger partial charge >= 0.3 is 12.1 Å². The van der Waals surface area contributed by atoms with Crippen LogP contribution in [0.4, 0.5) is 16.2 Å². The molecule has 0 spiro atoms. The molecular formula is C24H20N4O4. The number of esters is 1. The van der Waals surface area contributed by atoms with Crippen LogP contribution in [0, 0.1) is 6.92 Å². The highest BCUT2D eigenvalue weighted by atomic mass is 16.5. The molecule has 3 aromatic carbocycles. The highest BCUT2D eigenvalue weighted by molar-refractivity contribution is 5.96. The average molecular weight is 428 g/mol. The van der Waals surface area contributed by atoms with Gasteiger partial charge < -0.3 is 9.47 Å². The van der Waals surface area contributed by atoms with Crippen molar-refractivity contribution in [3.63, 3.8) is 0 Å². The molecule has 32 heavy (non-hydrogen) atoms. The lowest BCUT2D eigenvalue weighted by molar-refractivity contribution is 0.0600. The maximum atomic E-state index is 12.6. The molecule has 0 bridgehead atoms. The molecule has 0 fully saturated rings. The molecule has 0 aliphatic heterocycles. The number of azide groups is 1. The first-order valence-electron chi connectivity index (χ1n) is 9.93. The van der Waals surface area contributed by atoms with Crippen molar-refractivity contribution in [3.05, 3.63) is 93.4 Å². The molecule has 8 heteroatoms. The summed E-state index contributed by atoms with van der Waals surface area (Å²) < 4.78 is 10.3. The third-order valence-electron chi connectivity index (χ3n) is 5.54. The number of methoxy groups -OCH3 is 1. The Labute approximate surface area is 184 Å². The van der Waals surface area contributed by atoms with Crippen LogP contribution in [0.15, 0.2) is 65.8 Å². The van der Waals surface area contributed by atoms with Gasteiger partial charge in [-0.1, -0.05) is 53.6 Å². The smallest absolute Gasteiger partial charge is 0.411 e. The molecule has 0 aromatic heterocycles.